The number of oxime groups is 1. The molecule has 1 atom stereocenters. The van der Waals surface area contributed by atoms with E-state index in [4.69, 9.17) is 10.9 Å². The van der Waals surface area contributed by atoms with Crippen molar-refractivity contribution in [2.45, 2.75) is 25.8 Å². The van der Waals surface area contributed by atoms with Crippen LogP contribution in [0.5, 0.6) is 0 Å². The van der Waals surface area contributed by atoms with Gasteiger partial charge in [0.15, 0.2) is 0 Å². The lowest BCUT2D eigenvalue weighted by Gasteiger charge is -2.23. The summed E-state index contributed by atoms with van der Waals surface area (Å²) >= 11 is 0. The van der Waals surface area contributed by atoms with Gasteiger partial charge in [-0.2, -0.15) is 0 Å². The number of nitrogens with zero attached hydrogens (tertiary/aromatic N) is 2. The highest BCUT2D eigenvalue weighted by Gasteiger charge is 2.15. The molecule has 6 heteroatoms. The molecule has 0 aromatic rings. The highest BCUT2D eigenvalue weighted by atomic mass is 19.3. The molecule has 0 saturated carbocycles. The Balaban J connectivity index is 3.88. The van der Waals surface area contributed by atoms with Crippen molar-refractivity contribution < 1.29 is 14.0 Å². The molecule has 0 saturated heterocycles. The van der Waals surface area contributed by atoms with Gasteiger partial charge in [-0.3, -0.25) is 4.90 Å². The van der Waals surface area contributed by atoms with E-state index in [1.807, 2.05) is 0 Å². The van der Waals surface area contributed by atoms with Crippen LogP contribution in [-0.4, -0.2) is 42.0 Å². The second-order valence-electron chi connectivity index (χ2n) is 2.98. The maximum Gasteiger partial charge on any atom is 0.251 e. The lowest BCUT2D eigenvalue weighted by Crippen LogP contribution is -2.36. The van der Waals surface area contributed by atoms with E-state index in [1.165, 1.54) is 4.90 Å². The zero-order valence-corrected chi connectivity index (χ0v) is 7.74. The number of hydrogen-bond donors (Lipinski definition) is 2. The van der Waals surface area contributed by atoms with Crippen LogP contribution in [0.1, 0.15) is 13.3 Å². The van der Waals surface area contributed by atoms with Gasteiger partial charge in [0.25, 0.3) is 6.43 Å². The minimum atomic E-state index is -2.36. The fourth-order valence-electron chi connectivity index (χ4n) is 0.897. The molecule has 0 bridgehead atoms. The average molecular weight is 195 g/mol. The molecule has 3 N–H and O–H groups in total. The van der Waals surface area contributed by atoms with Gasteiger partial charge >= 0.3 is 0 Å². The van der Waals surface area contributed by atoms with Crippen molar-refractivity contribution in [1.82, 2.24) is 4.90 Å². The number of amidine groups is 1. The smallest absolute Gasteiger partial charge is 0.251 e. The van der Waals surface area contributed by atoms with Gasteiger partial charge in [0.1, 0.15) is 5.84 Å². The van der Waals surface area contributed by atoms with Crippen LogP contribution in [0.4, 0.5) is 8.78 Å². The molecule has 0 aliphatic rings. The molecule has 0 heterocycles. The SMILES string of the molecule is CC(CC(N)=NO)N(C)CC(F)F. The second-order valence-corrected chi connectivity index (χ2v) is 2.98. The maximum absolute atomic E-state index is 11.9. The molecule has 0 radical (unpaired) electrons. The quantitative estimate of drug-likeness (QED) is 0.294. The maximum atomic E-state index is 11.9. The van der Waals surface area contributed by atoms with E-state index < -0.39 is 6.43 Å². The Morgan fingerprint density at radius 2 is 2.15 bits per heavy atom. The van der Waals surface area contributed by atoms with Crippen LogP contribution in [0, 0.1) is 0 Å². The largest absolute Gasteiger partial charge is 0.409 e. The predicted molar refractivity (Wildman–Crippen MR) is 46.1 cm³/mol. The number of alkyl halides is 2. The standard InChI is InChI=1S/C7H15F2N3O/c1-5(3-7(10)11-13)12(2)4-6(8)9/h5-6,13H,3-4H2,1-2H3,(H2,10,11). The summed E-state index contributed by atoms with van der Waals surface area (Å²) in [5.74, 6) is 0.0496. The van der Waals surface area contributed by atoms with Crippen LogP contribution >= 0.6 is 0 Å². The molecular formula is C7H15F2N3O. The Bertz CT molecular complexity index is 175. The van der Waals surface area contributed by atoms with Gasteiger partial charge in [0.05, 0.1) is 6.54 Å². The lowest BCUT2D eigenvalue weighted by atomic mass is 10.2. The van der Waals surface area contributed by atoms with Crippen molar-refractivity contribution in [1.29, 1.82) is 0 Å². The molecule has 1 unspecified atom stereocenters. The van der Waals surface area contributed by atoms with Gasteiger partial charge in [-0.25, -0.2) is 8.78 Å². The van der Waals surface area contributed by atoms with Gasteiger partial charge in [-0.1, -0.05) is 5.16 Å². The second kappa shape index (κ2) is 5.69. The molecule has 4 nitrogen and oxygen atoms in total. The van der Waals surface area contributed by atoms with Gasteiger partial charge < -0.3 is 10.9 Å². The highest BCUT2D eigenvalue weighted by Crippen LogP contribution is 2.04. The Hall–Kier alpha value is -0.910. The van der Waals surface area contributed by atoms with E-state index in [9.17, 15) is 8.78 Å². The Morgan fingerprint density at radius 1 is 1.62 bits per heavy atom. The number of halogens is 2. The van der Waals surface area contributed by atoms with E-state index >= 15 is 0 Å². The van der Waals surface area contributed by atoms with Gasteiger partial charge in [-0.15, -0.1) is 0 Å². The summed E-state index contributed by atoms with van der Waals surface area (Å²) in [4.78, 5) is 1.46. The first-order valence-electron chi connectivity index (χ1n) is 3.92. The Labute approximate surface area is 76.0 Å². The summed E-state index contributed by atoms with van der Waals surface area (Å²) in [6.07, 6.45) is -2.08. The first-order valence-corrected chi connectivity index (χ1v) is 3.92. The molecule has 0 spiro atoms. The minimum Gasteiger partial charge on any atom is -0.409 e. The minimum absolute atomic E-state index is 0.0496. The van der Waals surface area contributed by atoms with Crippen LogP contribution in [0.15, 0.2) is 5.16 Å². The number of hydrogen-bond acceptors (Lipinski definition) is 3. The van der Waals surface area contributed by atoms with E-state index in [2.05, 4.69) is 5.16 Å². The summed E-state index contributed by atoms with van der Waals surface area (Å²) in [6.45, 7) is 1.43. The molecule has 0 aromatic carbocycles. The molecule has 0 aromatic heterocycles. The monoisotopic (exact) mass is 195 g/mol. The Morgan fingerprint density at radius 3 is 2.54 bits per heavy atom. The van der Waals surface area contributed by atoms with Crippen molar-refractivity contribution in [3.63, 3.8) is 0 Å². The van der Waals surface area contributed by atoms with Crippen molar-refractivity contribution in [3.8, 4) is 0 Å². The molecule has 13 heavy (non-hydrogen) atoms. The van der Waals surface area contributed by atoms with Gasteiger partial charge in [0, 0.05) is 12.5 Å². The van der Waals surface area contributed by atoms with Crippen LogP contribution in [0.25, 0.3) is 0 Å². The predicted octanol–water partition coefficient (Wildman–Crippen LogP) is 0.708. The number of rotatable bonds is 5. The van der Waals surface area contributed by atoms with Crippen LogP contribution in [-0.2, 0) is 0 Å². The number of nitrogens with two attached hydrogens (primary N) is 1. The summed E-state index contributed by atoms with van der Waals surface area (Å²) in [7, 11) is 1.57. The molecule has 0 amide bonds. The molecule has 0 fully saturated rings. The van der Waals surface area contributed by atoms with E-state index in [-0.39, 0.29) is 24.8 Å². The zero-order valence-electron chi connectivity index (χ0n) is 7.74. The lowest BCUT2D eigenvalue weighted by molar-refractivity contribution is 0.0854. The first-order chi connectivity index (χ1) is 5.97. The van der Waals surface area contributed by atoms with Gasteiger partial charge in [0.2, 0.25) is 0 Å². The van der Waals surface area contributed by atoms with Crippen molar-refractivity contribution in [2.75, 3.05) is 13.6 Å². The average Bonchev–Trinajstić information content (AvgIpc) is 2.02. The van der Waals surface area contributed by atoms with E-state index in [1.54, 1.807) is 14.0 Å². The fourth-order valence-corrected chi connectivity index (χ4v) is 0.897. The molecule has 78 valence electrons. The van der Waals surface area contributed by atoms with E-state index in [0.29, 0.717) is 0 Å². The van der Waals surface area contributed by atoms with Crippen LogP contribution in [0.2, 0.25) is 0 Å². The normalized spacial score (nSPS) is 15.4. The van der Waals surface area contributed by atoms with Crippen LogP contribution < -0.4 is 5.73 Å². The third-order valence-corrected chi connectivity index (χ3v) is 1.81. The molecule has 0 aliphatic carbocycles. The van der Waals surface area contributed by atoms with Crippen LogP contribution in [0.3, 0.4) is 0 Å². The zero-order chi connectivity index (χ0) is 10.4. The molecule has 0 aliphatic heterocycles. The van der Waals surface area contributed by atoms with Gasteiger partial charge in [-0.05, 0) is 14.0 Å². The summed E-state index contributed by atoms with van der Waals surface area (Å²) < 4.78 is 23.8. The molecular weight excluding hydrogens is 180 g/mol. The van der Waals surface area contributed by atoms with E-state index in [0.717, 1.165) is 0 Å². The molecule has 0 rings (SSSR count). The van der Waals surface area contributed by atoms with Crippen molar-refractivity contribution in [2.24, 2.45) is 10.9 Å². The highest BCUT2D eigenvalue weighted by molar-refractivity contribution is 5.80. The summed E-state index contributed by atoms with van der Waals surface area (Å²) in [5.41, 5.74) is 5.23. The first kappa shape index (κ1) is 12.1. The summed E-state index contributed by atoms with van der Waals surface area (Å²) in [6, 6.07) is -0.162. The van der Waals surface area contributed by atoms with Crippen molar-refractivity contribution >= 4 is 5.84 Å². The topological polar surface area (TPSA) is 61.9 Å². The van der Waals surface area contributed by atoms with Crippen molar-refractivity contribution in [3.05, 3.63) is 0 Å². The third kappa shape index (κ3) is 5.35. The third-order valence-electron chi connectivity index (χ3n) is 1.81. The Kier molecular flexibility index (Phi) is 5.29. The fraction of sp³-hybridized carbons (Fsp3) is 0.857. The summed E-state index contributed by atoms with van der Waals surface area (Å²) in [5, 5.41) is 11.0.